The van der Waals surface area contributed by atoms with Crippen LogP contribution in [0.5, 0.6) is 0 Å². The second kappa shape index (κ2) is 6.70. The summed E-state index contributed by atoms with van der Waals surface area (Å²) >= 11 is 7.25. The maximum absolute atomic E-state index is 12.8. The molecular formula is C18H16Br2N2O5. The fourth-order valence-corrected chi connectivity index (χ4v) is 6.48. The van der Waals surface area contributed by atoms with Crippen molar-refractivity contribution in [2.75, 3.05) is 11.9 Å². The number of amides is 3. The number of alkyl halides is 2. The molecule has 0 unspecified atom stereocenters. The van der Waals surface area contributed by atoms with Crippen molar-refractivity contribution in [3.63, 3.8) is 0 Å². The summed E-state index contributed by atoms with van der Waals surface area (Å²) in [6.07, 6.45) is 0.842. The summed E-state index contributed by atoms with van der Waals surface area (Å²) < 4.78 is 0. The van der Waals surface area contributed by atoms with Gasteiger partial charge in [-0.15, -0.1) is 0 Å². The molecule has 1 aromatic carbocycles. The molecule has 0 aromatic heterocycles. The van der Waals surface area contributed by atoms with Crippen molar-refractivity contribution in [1.29, 1.82) is 0 Å². The number of rotatable bonds is 4. The average Bonchev–Trinajstić information content (AvgIpc) is 3.23. The summed E-state index contributed by atoms with van der Waals surface area (Å²) in [5, 5.41) is 11.5. The first-order valence-corrected chi connectivity index (χ1v) is 10.4. The molecule has 9 heteroatoms. The number of carboxylic acids is 1. The Kier molecular flexibility index (Phi) is 4.62. The minimum atomic E-state index is -1.06. The lowest BCUT2D eigenvalue weighted by Gasteiger charge is -2.28. The van der Waals surface area contributed by atoms with Crippen LogP contribution in [-0.2, 0) is 14.4 Å². The normalized spacial score (nSPS) is 34.1. The number of carbonyl (C=O) groups is 4. The number of halogens is 2. The van der Waals surface area contributed by atoms with Gasteiger partial charge in [-0.05, 0) is 42.5 Å². The molecule has 1 aliphatic heterocycles. The molecule has 2 bridgehead atoms. The second-order valence-corrected chi connectivity index (χ2v) is 9.31. The second-order valence-electron chi connectivity index (χ2n) is 7.20. The maximum atomic E-state index is 12.8. The number of benzene rings is 1. The van der Waals surface area contributed by atoms with Crippen LogP contribution < -0.4 is 5.32 Å². The number of carboxylic acid groups (broad SMARTS) is 1. The van der Waals surface area contributed by atoms with Crippen molar-refractivity contribution < 1.29 is 24.3 Å². The van der Waals surface area contributed by atoms with E-state index in [-0.39, 0.29) is 57.2 Å². The summed E-state index contributed by atoms with van der Waals surface area (Å²) in [5.41, 5.74) is 0.514. The predicted octanol–water partition coefficient (Wildman–Crippen LogP) is 2.10. The van der Waals surface area contributed by atoms with E-state index in [1.807, 2.05) is 0 Å². The molecule has 2 saturated carbocycles. The number of anilines is 1. The van der Waals surface area contributed by atoms with Crippen LogP contribution in [0.2, 0.25) is 0 Å². The highest BCUT2D eigenvalue weighted by Gasteiger charge is 2.66. The lowest BCUT2D eigenvalue weighted by atomic mass is 9.81. The molecule has 3 fully saturated rings. The van der Waals surface area contributed by atoms with Gasteiger partial charge in [0.2, 0.25) is 17.7 Å². The van der Waals surface area contributed by atoms with Gasteiger partial charge in [-0.25, -0.2) is 4.79 Å². The van der Waals surface area contributed by atoms with Gasteiger partial charge < -0.3 is 10.4 Å². The van der Waals surface area contributed by atoms with Crippen LogP contribution >= 0.6 is 31.9 Å². The number of aromatic carboxylic acids is 1. The van der Waals surface area contributed by atoms with Crippen molar-refractivity contribution in [1.82, 2.24) is 4.90 Å². The third-order valence-corrected chi connectivity index (χ3v) is 9.00. The van der Waals surface area contributed by atoms with Crippen LogP contribution in [0, 0.1) is 23.7 Å². The molecule has 3 amide bonds. The zero-order valence-corrected chi connectivity index (χ0v) is 17.1. The van der Waals surface area contributed by atoms with Crippen molar-refractivity contribution in [2.45, 2.75) is 16.1 Å². The molecule has 0 radical (unpaired) electrons. The summed E-state index contributed by atoms with van der Waals surface area (Å²) in [6, 6.07) is 5.68. The van der Waals surface area contributed by atoms with Gasteiger partial charge in [-0.2, -0.15) is 0 Å². The molecular weight excluding hydrogens is 484 g/mol. The average molecular weight is 500 g/mol. The van der Waals surface area contributed by atoms with E-state index in [4.69, 9.17) is 5.11 Å². The highest BCUT2D eigenvalue weighted by molar-refractivity contribution is 9.12. The van der Waals surface area contributed by atoms with Gasteiger partial charge in [-0.3, -0.25) is 19.3 Å². The van der Waals surface area contributed by atoms with Crippen LogP contribution in [0.4, 0.5) is 5.69 Å². The summed E-state index contributed by atoms with van der Waals surface area (Å²) in [5.74, 6) is -2.55. The Hall–Kier alpha value is -1.74. The standard InChI is InChI=1S/C18H16Br2N2O5/c19-14-9-5-10(15(14)20)13-12(9)16(24)22(17(13)25)6-11(23)21-8-3-1-7(2-4-8)18(26)27/h1-4,9-10,12-15H,5-6H2,(H,21,23)(H,26,27)/t9-,10+,12-,13-,14+,15+/m1/s1. The molecule has 142 valence electrons. The van der Waals surface area contributed by atoms with Gasteiger partial charge in [0, 0.05) is 15.3 Å². The summed E-state index contributed by atoms with van der Waals surface area (Å²) in [4.78, 5) is 50.1. The molecule has 1 aromatic rings. The van der Waals surface area contributed by atoms with Crippen molar-refractivity contribution in [3.8, 4) is 0 Å². The van der Waals surface area contributed by atoms with E-state index in [1.54, 1.807) is 0 Å². The van der Waals surface area contributed by atoms with E-state index in [9.17, 15) is 19.2 Å². The highest BCUT2D eigenvalue weighted by Crippen LogP contribution is 2.60. The van der Waals surface area contributed by atoms with E-state index < -0.39 is 11.9 Å². The zero-order valence-electron chi connectivity index (χ0n) is 14.0. The molecule has 4 rings (SSSR count). The number of nitrogens with zero attached hydrogens (tertiary/aromatic N) is 1. The Bertz CT molecular complexity index is 811. The molecule has 1 heterocycles. The minimum Gasteiger partial charge on any atom is -0.478 e. The summed E-state index contributed by atoms with van der Waals surface area (Å²) in [7, 11) is 0. The van der Waals surface area contributed by atoms with Gasteiger partial charge in [0.15, 0.2) is 0 Å². The first-order valence-electron chi connectivity index (χ1n) is 8.56. The Morgan fingerprint density at radius 2 is 1.56 bits per heavy atom. The molecule has 6 atom stereocenters. The fourth-order valence-electron chi connectivity index (χ4n) is 4.61. The predicted molar refractivity (Wildman–Crippen MR) is 103 cm³/mol. The number of fused-ring (bicyclic) bond motifs is 5. The van der Waals surface area contributed by atoms with Crippen LogP contribution in [0.25, 0.3) is 0 Å². The van der Waals surface area contributed by atoms with Gasteiger partial charge in [0.25, 0.3) is 0 Å². The van der Waals surface area contributed by atoms with Gasteiger partial charge in [0.05, 0.1) is 17.4 Å². The molecule has 7 nitrogen and oxygen atoms in total. The number of hydrogen-bond donors (Lipinski definition) is 2. The molecule has 27 heavy (non-hydrogen) atoms. The van der Waals surface area contributed by atoms with Gasteiger partial charge in [0.1, 0.15) is 6.54 Å². The first kappa shape index (κ1) is 18.6. The molecule has 2 N–H and O–H groups in total. The Balaban J connectivity index is 1.44. The van der Waals surface area contributed by atoms with Crippen molar-refractivity contribution in [2.24, 2.45) is 23.7 Å². The van der Waals surface area contributed by atoms with E-state index in [0.717, 1.165) is 11.3 Å². The molecule has 2 aliphatic carbocycles. The first-order chi connectivity index (χ1) is 12.8. The van der Waals surface area contributed by atoms with E-state index >= 15 is 0 Å². The largest absolute Gasteiger partial charge is 0.478 e. The van der Waals surface area contributed by atoms with Crippen LogP contribution in [0.3, 0.4) is 0 Å². The Morgan fingerprint density at radius 1 is 1.04 bits per heavy atom. The van der Waals surface area contributed by atoms with Crippen molar-refractivity contribution in [3.05, 3.63) is 29.8 Å². The number of nitrogens with one attached hydrogen (secondary N) is 1. The third kappa shape index (κ3) is 2.91. The Labute approximate surface area is 171 Å². The quantitative estimate of drug-likeness (QED) is 0.487. The maximum Gasteiger partial charge on any atom is 0.335 e. The van der Waals surface area contributed by atoms with Gasteiger partial charge in [-0.1, -0.05) is 31.9 Å². The number of carbonyl (C=O) groups excluding carboxylic acids is 3. The number of likely N-dealkylation sites (tertiary alicyclic amines) is 1. The van der Waals surface area contributed by atoms with Gasteiger partial charge >= 0.3 is 5.97 Å². The van der Waals surface area contributed by atoms with Crippen LogP contribution in [-0.4, -0.2) is 49.9 Å². The number of imide groups is 1. The summed E-state index contributed by atoms with van der Waals surface area (Å²) in [6.45, 7) is -0.329. The molecule has 1 saturated heterocycles. The van der Waals surface area contributed by atoms with Crippen LogP contribution in [0.15, 0.2) is 24.3 Å². The third-order valence-electron chi connectivity index (χ3n) is 5.80. The Morgan fingerprint density at radius 3 is 2.04 bits per heavy atom. The lowest BCUT2D eigenvalue weighted by Crippen LogP contribution is -2.39. The lowest BCUT2D eigenvalue weighted by molar-refractivity contribution is -0.143. The highest BCUT2D eigenvalue weighted by atomic mass is 79.9. The SMILES string of the molecule is O=C(CN1C(=O)[C@@H]2[C@@H]3C[C@@H]([C@H](Br)[C@H]3Br)[C@H]2C1=O)Nc1ccc(C(=O)O)cc1. The minimum absolute atomic E-state index is 0.106. The van der Waals surface area contributed by atoms with E-state index in [1.165, 1.54) is 24.3 Å². The van der Waals surface area contributed by atoms with E-state index in [0.29, 0.717) is 5.69 Å². The zero-order chi connectivity index (χ0) is 19.5. The topological polar surface area (TPSA) is 104 Å². The van der Waals surface area contributed by atoms with Crippen molar-refractivity contribution >= 4 is 61.2 Å². The van der Waals surface area contributed by atoms with E-state index in [2.05, 4.69) is 37.2 Å². The van der Waals surface area contributed by atoms with Crippen LogP contribution in [0.1, 0.15) is 16.8 Å². The molecule has 0 spiro atoms. The molecule has 3 aliphatic rings. The number of hydrogen-bond acceptors (Lipinski definition) is 4. The monoisotopic (exact) mass is 498 g/mol. The fraction of sp³-hybridized carbons (Fsp3) is 0.444. The smallest absolute Gasteiger partial charge is 0.335 e.